The van der Waals surface area contributed by atoms with Crippen LogP contribution in [0.5, 0.6) is 0 Å². The molecule has 1 aromatic carbocycles. The molecule has 0 amide bonds. The van der Waals surface area contributed by atoms with E-state index in [-0.39, 0.29) is 24.8 Å². The molecule has 1 fully saturated rings. The molecule has 1 aliphatic rings. The first kappa shape index (κ1) is 14.2. The van der Waals surface area contributed by atoms with E-state index in [0.29, 0.717) is 0 Å². The molecule has 17 heavy (non-hydrogen) atoms. The molecule has 2 heterocycles. The number of fused-ring (bicyclic) bond motifs is 1. The summed E-state index contributed by atoms with van der Waals surface area (Å²) in [5.41, 5.74) is 2.55. The third kappa shape index (κ3) is 2.86. The number of hydrogen-bond donors (Lipinski definition) is 2. The number of halogens is 2. The largest absolute Gasteiger partial charge is 0.369 e. The predicted molar refractivity (Wildman–Crippen MR) is 77.9 cm³/mol. The van der Waals surface area contributed by atoms with Crippen LogP contribution in [0.1, 0.15) is 0 Å². The molecule has 2 N–H and O–H groups in total. The molecular weight excluding hydrogens is 257 g/mol. The molecule has 0 bridgehead atoms. The van der Waals surface area contributed by atoms with E-state index in [4.69, 9.17) is 0 Å². The van der Waals surface area contributed by atoms with Crippen LogP contribution in [-0.2, 0) is 0 Å². The number of hydrogen-bond acceptors (Lipinski definition) is 2. The molecule has 0 atom stereocenters. The number of aromatic nitrogens is 1. The summed E-state index contributed by atoms with van der Waals surface area (Å²) in [7, 11) is 0. The average Bonchev–Trinajstić information content (AvgIpc) is 2.77. The van der Waals surface area contributed by atoms with Gasteiger partial charge in [-0.15, -0.1) is 24.8 Å². The molecule has 3 nitrogen and oxygen atoms in total. The van der Waals surface area contributed by atoms with Gasteiger partial charge < -0.3 is 15.2 Å². The molecule has 0 radical (unpaired) electrons. The van der Waals surface area contributed by atoms with E-state index in [1.807, 2.05) is 6.20 Å². The normalized spacial score (nSPS) is 15.2. The Morgan fingerprint density at radius 2 is 1.76 bits per heavy atom. The minimum atomic E-state index is 0. The molecular formula is C12H17Cl2N3. The van der Waals surface area contributed by atoms with Gasteiger partial charge in [-0.05, 0) is 24.3 Å². The lowest BCUT2D eigenvalue weighted by atomic mass is 10.2. The summed E-state index contributed by atoms with van der Waals surface area (Å²) in [5, 5.41) is 4.67. The van der Waals surface area contributed by atoms with Gasteiger partial charge in [-0.3, -0.25) is 0 Å². The van der Waals surface area contributed by atoms with Crippen molar-refractivity contribution in [3.05, 3.63) is 30.5 Å². The van der Waals surface area contributed by atoms with Crippen LogP contribution in [0.3, 0.4) is 0 Å². The van der Waals surface area contributed by atoms with Gasteiger partial charge in [0.1, 0.15) is 0 Å². The Kier molecular flexibility index (Phi) is 5.12. The first-order valence-electron chi connectivity index (χ1n) is 5.46. The minimum Gasteiger partial charge on any atom is -0.369 e. The van der Waals surface area contributed by atoms with Crippen LogP contribution in [0, 0.1) is 0 Å². The van der Waals surface area contributed by atoms with Gasteiger partial charge in [0.05, 0.1) is 0 Å². The first-order valence-corrected chi connectivity index (χ1v) is 5.46. The number of anilines is 1. The maximum atomic E-state index is 3.37. The Morgan fingerprint density at radius 3 is 2.53 bits per heavy atom. The Bertz CT molecular complexity index is 463. The lowest BCUT2D eigenvalue weighted by Gasteiger charge is -2.29. The quantitative estimate of drug-likeness (QED) is 0.836. The topological polar surface area (TPSA) is 31.1 Å². The predicted octanol–water partition coefficient (Wildman–Crippen LogP) is 2.42. The van der Waals surface area contributed by atoms with Crippen molar-refractivity contribution in [2.75, 3.05) is 31.1 Å². The van der Waals surface area contributed by atoms with Gasteiger partial charge >= 0.3 is 0 Å². The molecule has 1 saturated heterocycles. The number of nitrogens with one attached hydrogen (secondary N) is 2. The van der Waals surface area contributed by atoms with Gasteiger partial charge in [0.15, 0.2) is 0 Å². The van der Waals surface area contributed by atoms with Crippen molar-refractivity contribution in [2.24, 2.45) is 0 Å². The number of benzene rings is 1. The van der Waals surface area contributed by atoms with E-state index >= 15 is 0 Å². The van der Waals surface area contributed by atoms with Crippen LogP contribution in [-0.4, -0.2) is 31.2 Å². The fraction of sp³-hybridized carbons (Fsp3) is 0.333. The second kappa shape index (κ2) is 6.15. The highest BCUT2D eigenvalue weighted by molar-refractivity contribution is 5.85. The van der Waals surface area contributed by atoms with E-state index in [1.54, 1.807) is 0 Å². The highest BCUT2D eigenvalue weighted by Gasteiger charge is 2.10. The maximum Gasteiger partial charge on any atom is 0.0455 e. The zero-order valence-electron chi connectivity index (χ0n) is 9.48. The molecule has 0 spiro atoms. The number of piperazine rings is 1. The van der Waals surface area contributed by atoms with E-state index in [1.165, 1.54) is 16.6 Å². The summed E-state index contributed by atoms with van der Waals surface area (Å²) >= 11 is 0. The fourth-order valence-electron chi connectivity index (χ4n) is 2.16. The van der Waals surface area contributed by atoms with E-state index in [9.17, 15) is 0 Å². The van der Waals surface area contributed by atoms with E-state index in [2.05, 4.69) is 39.5 Å². The number of H-pyrrole nitrogens is 1. The van der Waals surface area contributed by atoms with Gasteiger partial charge in [0.25, 0.3) is 0 Å². The van der Waals surface area contributed by atoms with E-state index < -0.39 is 0 Å². The van der Waals surface area contributed by atoms with Gasteiger partial charge in [-0.2, -0.15) is 0 Å². The number of rotatable bonds is 1. The van der Waals surface area contributed by atoms with Gasteiger partial charge in [0, 0.05) is 49.0 Å². The Labute approximate surface area is 113 Å². The Hall–Kier alpha value is -0.900. The third-order valence-electron chi connectivity index (χ3n) is 3.02. The van der Waals surface area contributed by atoms with Crippen LogP contribution in [0.15, 0.2) is 30.5 Å². The van der Waals surface area contributed by atoms with Crippen molar-refractivity contribution in [3.63, 3.8) is 0 Å². The standard InChI is InChI=1S/C12H15N3.2ClH/c1-2-12-10(3-4-14-12)9-11(1)15-7-5-13-6-8-15;;/h1-4,9,13-14H,5-8H2;2*1H. The SMILES string of the molecule is Cl.Cl.c1cc2cc(N3CCNCC3)ccc2[nH]1. The molecule has 5 heteroatoms. The fourth-order valence-corrected chi connectivity index (χ4v) is 2.16. The molecule has 2 aromatic rings. The van der Waals surface area contributed by atoms with Crippen molar-refractivity contribution in [2.45, 2.75) is 0 Å². The lowest BCUT2D eigenvalue weighted by Crippen LogP contribution is -2.43. The number of aromatic amines is 1. The molecule has 1 aromatic heterocycles. The minimum absolute atomic E-state index is 0. The maximum absolute atomic E-state index is 3.37. The summed E-state index contributed by atoms with van der Waals surface area (Å²) in [6, 6.07) is 8.75. The van der Waals surface area contributed by atoms with E-state index in [0.717, 1.165) is 26.2 Å². The zero-order valence-corrected chi connectivity index (χ0v) is 11.1. The Morgan fingerprint density at radius 1 is 1.00 bits per heavy atom. The smallest absolute Gasteiger partial charge is 0.0455 e. The van der Waals surface area contributed by atoms with Gasteiger partial charge in [-0.1, -0.05) is 0 Å². The summed E-state index contributed by atoms with van der Waals surface area (Å²) in [5.74, 6) is 0. The number of nitrogens with zero attached hydrogens (tertiary/aromatic N) is 1. The molecule has 3 rings (SSSR count). The Balaban J connectivity index is 0.000000722. The van der Waals surface area contributed by atoms with Crippen molar-refractivity contribution >= 4 is 41.4 Å². The van der Waals surface area contributed by atoms with Crippen molar-refractivity contribution < 1.29 is 0 Å². The first-order chi connectivity index (χ1) is 7.43. The van der Waals surface area contributed by atoms with Crippen LogP contribution in [0.4, 0.5) is 5.69 Å². The molecule has 1 aliphatic heterocycles. The summed E-state index contributed by atoms with van der Waals surface area (Å²) in [4.78, 5) is 5.65. The monoisotopic (exact) mass is 273 g/mol. The zero-order chi connectivity index (χ0) is 10.1. The molecule has 0 aliphatic carbocycles. The average molecular weight is 274 g/mol. The third-order valence-corrected chi connectivity index (χ3v) is 3.02. The molecule has 0 unspecified atom stereocenters. The highest BCUT2D eigenvalue weighted by Crippen LogP contribution is 2.21. The van der Waals surface area contributed by atoms with Crippen LogP contribution in [0.25, 0.3) is 10.9 Å². The van der Waals surface area contributed by atoms with Crippen LogP contribution in [0.2, 0.25) is 0 Å². The van der Waals surface area contributed by atoms with Crippen molar-refractivity contribution in [1.29, 1.82) is 0 Å². The molecule has 0 saturated carbocycles. The second-order valence-electron chi connectivity index (χ2n) is 3.99. The summed E-state index contributed by atoms with van der Waals surface area (Å²) in [6.07, 6.45) is 1.99. The second-order valence-corrected chi connectivity index (χ2v) is 3.99. The van der Waals surface area contributed by atoms with Crippen LogP contribution < -0.4 is 10.2 Å². The van der Waals surface area contributed by atoms with Gasteiger partial charge in [-0.25, -0.2) is 0 Å². The van der Waals surface area contributed by atoms with Crippen LogP contribution >= 0.6 is 24.8 Å². The van der Waals surface area contributed by atoms with Gasteiger partial charge in [0.2, 0.25) is 0 Å². The van der Waals surface area contributed by atoms with Crippen molar-refractivity contribution in [3.8, 4) is 0 Å². The summed E-state index contributed by atoms with van der Waals surface area (Å²) < 4.78 is 0. The van der Waals surface area contributed by atoms with Crippen molar-refractivity contribution in [1.82, 2.24) is 10.3 Å². The summed E-state index contributed by atoms with van der Waals surface area (Å²) in [6.45, 7) is 4.39. The molecule has 94 valence electrons. The lowest BCUT2D eigenvalue weighted by molar-refractivity contribution is 0.589. The highest BCUT2D eigenvalue weighted by atomic mass is 35.5.